The number of benzene rings is 1. The lowest BCUT2D eigenvalue weighted by Gasteiger charge is -2.37. The molecule has 0 saturated carbocycles. The monoisotopic (exact) mass is 274 g/mol. The van der Waals surface area contributed by atoms with Gasteiger partial charge in [-0.3, -0.25) is 4.90 Å². The number of hydrogen-bond donors (Lipinski definition) is 1. The van der Waals surface area contributed by atoms with Gasteiger partial charge in [0.25, 0.3) is 0 Å². The largest absolute Gasteiger partial charge is 0.493 e. The van der Waals surface area contributed by atoms with Crippen molar-refractivity contribution < 1.29 is 4.74 Å². The number of hydrogen-bond acceptors (Lipinski definition) is 3. The summed E-state index contributed by atoms with van der Waals surface area (Å²) in [5.74, 6) is 1.77. The molecule has 1 N–H and O–H groups in total. The van der Waals surface area contributed by atoms with Crippen LogP contribution in [-0.2, 0) is 0 Å². The van der Waals surface area contributed by atoms with E-state index in [0.29, 0.717) is 18.0 Å². The van der Waals surface area contributed by atoms with E-state index in [2.05, 4.69) is 48.3 Å². The summed E-state index contributed by atoms with van der Waals surface area (Å²) in [6.45, 7) is 8.96. The highest BCUT2D eigenvalue weighted by molar-refractivity contribution is 5.37. The van der Waals surface area contributed by atoms with E-state index in [9.17, 15) is 0 Å². The summed E-state index contributed by atoms with van der Waals surface area (Å²) in [5.41, 5.74) is 1.38. The van der Waals surface area contributed by atoms with E-state index in [1.54, 1.807) is 0 Å². The van der Waals surface area contributed by atoms with Crippen LogP contribution in [0.4, 0.5) is 0 Å². The zero-order chi connectivity index (χ0) is 13.9. The summed E-state index contributed by atoms with van der Waals surface area (Å²) >= 11 is 0. The fraction of sp³-hybridized carbons (Fsp3) is 0.647. The van der Waals surface area contributed by atoms with Crippen molar-refractivity contribution in [2.75, 3.05) is 26.2 Å². The highest BCUT2D eigenvalue weighted by Gasteiger charge is 2.30. The van der Waals surface area contributed by atoms with Crippen molar-refractivity contribution in [3.05, 3.63) is 29.8 Å². The van der Waals surface area contributed by atoms with Crippen molar-refractivity contribution >= 4 is 0 Å². The zero-order valence-electron chi connectivity index (χ0n) is 12.6. The second kappa shape index (κ2) is 6.15. The van der Waals surface area contributed by atoms with Crippen LogP contribution in [0.3, 0.4) is 0 Å². The van der Waals surface area contributed by atoms with E-state index in [4.69, 9.17) is 4.74 Å². The van der Waals surface area contributed by atoms with Crippen LogP contribution >= 0.6 is 0 Å². The van der Waals surface area contributed by atoms with Crippen LogP contribution < -0.4 is 10.1 Å². The first-order valence-corrected chi connectivity index (χ1v) is 7.95. The molecule has 1 saturated heterocycles. The van der Waals surface area contributed by atoms with E-state index >= 15 is 0 Å². The minimum atomic E-state index is 0.529. The van der Waals surface area contributed by atoms with E-state index < -0.39 is 0 Å². The molecule has 3 heteroatoms. The number of nitrogens with zero attached hydrogens (tertiary/aromatic N) is 1. The highest BCUT2D eigenvalue weighted by Crippen LogP contribution is 2.36. The molecule has 1 aromatic rings. The molecule has 20 heavy (non-hydrogen) atoms. The third-order valence-electron chi connectivity index (χ3n) is 4.63. The molecule has 0 aromatic heterocycles. The van der Waals surface area contributed by atoms with Crippen LogP contribution in [0.1, 0.15) is 38.3 Å². The van der Waals surface area contributed by atoms with E-state index in [-0.39, 0.29) is 0 Å². The smallest absolute Gasteiger partial charge is 0.124 e. The Labute approximate surface area is 122 Å². The average molecular weight is 274 g/mol. The molecule has 3 rings (SSSR count). The molecule has 2 aliphatic heterocycles. The fourth-order valence-electron chi connectivity index (χ4n) is 3.41. The first-order valence-electron chi connectivity index (χ1n) is 7.95. The van der Waals surface area contributed by atoms with E-state index in [1.807, 2.05) is 0 Å². The van der Waals surface area contributed by atoms with Gasteiger partial charge in [0.2, 0.25) is 0 Å². The van der Waals surface area contributed by atoms with Gasteiger partial charge in [-0.05, 0) is 24.9 Å². The normalized spacial score (nSPS) is 27.8. The van der Waals surface area contributed by atoms with Crippen LogP contribution in [0.25, 0.3) is 0 Å². The topological polar surface area (TPSA) is 24.5 Å². The molecular weight excluding hydrogens is 248 g/mol. The Bertz CT molecular complexity index is 446. The van der Waals surface area contributed by atoms with Crippen molar-refractivity contribution in [2.45, 2.75) is 38.8 Å². The quantitative estimate of drug-likeness (QED) is 0.897. The summed E-state index contributed by atoms with van der Waals surface area (Å²) in [6.07, 6.45) is 2.35. The molecule has 2 unspecified atom stereocenters. The molecule has 2 aliphatic rings. The molecule has 2 atom stereocenters. The van der Waals surface area contributed by atoms with Crippen molar-refractivity contribution in [1.29, 1.82) is 0 Å². The van der Waals surface area contributed by atoms with E-state index in [1.165, 1.54) is 18.5 Å². The van der Waals surface area contributed by atoms with Crippen LogP contribution in [0, 0.1) is 5.92 Å². The number of rotatable bonds is 2. The summed E-state index contributed by atoms with van der Waals surface area (Å²) in [7, 11) is 0. The third-order valence-corrected chi connectivity index (χ3v) is 4.63. The van der Waals surface area contributed by atoms with Crippen molar-refractivity contribution in [3.8, 4) is 5.75 Å². The van der Waals surface area contributed by atoms with Gasteiger partial charge in [0.05, 0.1) is 6.61 Å². The van der Waals surface area contributed by atoms with Gasteiger partial charge in [-0.25, -0.2) is 0 Å². The Balaban J connectivity index is 1.81. The average Bonchev–Trinajstić information content (AvgIpc) is 2.72. The van der Waals surface area contributed by atoms with Gasteiger partial charge in [-0.1, -0.05) is 32.0 Å². The molecule has 0 spiro atoms. The Morgan fingerprint density at radius 2 is 2.15 bits per heavy atom. The molecule has 2 heterocycles. The Morgan fingerprint density at radius 3 is 3.00 bits per heavy atom. The maximum absolute atomic E-state index is 5.81. The van der Waals surface area contributed by atoms with Gasteiger partial charge >= 0.3 is 0 Å². The Morgan fingerprint density at radius 1 is 1.30 bits per heavy atom. The van der Waals surface area contributed by atoms with Crippen molar-refractivity contribution in [1.82, 2.24) is 10.2 Å². The summed E-state index contributed by atoms with van der Waals surface area (Å²) in [5, 5.41) is 3.70. The molecule has 0 radical (unpaired) electrons. The lowest BCUT2D eigenvalue weighted by molar-refractivity contribution is 0.131. The second-order valence-corrected chi connectivity index (χ2v) is 6.34. The first kappa shape index (κ1) is 13.9. The van der Waals surface area contributed by atoms with Gasteiger partial charge < -0.3 is 10.1 Å². The molecule has 1 fully saturated rings. The van der Waals surface area contributed by atoms with Gasteiger partial charge in [-0.15, -0.1) is 0 Å². The van der Waals surface area contributed by atoms with Crippen LogP contribution in [-0.4, -0.2) is 37.2 Å². The minimum Gasteiger partial charge on any atom is -0.493 e. The number of ether oxygens (including phenoxy) is 1. The molecule has 110 valence electrons. The summed E-state index contributed by atoms with van der Waals surface area (Å²) in [6, 6.07) is 9.69. The van der Waals surface area contributed by atoms with Gasteiger partial charge in [0, 0.05) is 37.2 Å². The lowest BCUT2D eigenvalue weighted by Crippen LogP contribution is -2.43. The van der Waals surface area contributed by atoms with Crippen molar-refractivity contribution in [2.24, 2.45) is 5.92 Å². The first-order chi connectivity index (χ1) is 9.75. The zero-order valence-corrected chi connectivity index (χ0v) is 12.6. The van der Waals surface area contributed by atoms with Gasteiger partial charge in [-0.2, -0.15) is 0 Å². The van der Waals surface area contributed by atoms with Gasteiger partial charge in [0.15, 0.2) is 0 Å². The molecule has 1 aromatic carbocycles. The maximum Gasteiger partial charge on any atom is 0.124 e. The molecule has 0 bridgehead atoms. The lowest BCUT2D eigenvalue weighted by atomic mass is 9.97. The van der Waals surface area contributed by atoms with Crippen LogP contribution in [0.5, 0.6) is 5.75 Å². The highest BCUT2D eigenvalue weighted by atomic mass is 16.5. The Hall–Kier alpha value is -1.06. The van der Waals surface area contributed by atoms with E-state index in [0.717, 1.165) is 31.9 Å². The molecular formula is C17H26N2O. The number of fused-ring (bicyclic) bond motifs is 1. The number of nitrogens with one attached hydrogen (secondary N) is 1. The Kier molecular flexibility index (Phi) is 4.27. The molecule has 0 amide bonds. The van der Waals surface area contributed by atoms with Crippen LogP contribution in [0.15, 0.2) is 24.3 Å². The van der Waals surface area contributed by atoms with Gasteiger partial charge in [0.1, 0.15) is 5.75 Å². The SMILES string of the molecule is CC(C)C1CN(C2CCOc3ccccc32)CCCN1. The maximum atomic E-state index is 5.81. The minimum absolute atomic E-state index is 0.529. The summed E-state index contributed by atoms with van der Waals surface area (Å²) < 4.78 is 5.81. The fourth-order valence-corrected chi connectivity index (χ4v) is 3.41. The van der Waals surface area contributed by atoms with Crippen molar-refractivity contribution in [3.63, 3.8) is 0 Å². The van der Waals surface area contributed by atoms with Crippen LogP contribution in [0.2, 0.25) is 0 Å². The molecule has 0 aliphatic carbocycles. The molecule has 3 nitrogen and oxygen atoms in total. The third kappa shape index (κ3) is 2.84. The summed E-state index contributed by atoms with van der Waals surface area (Å²) in [4.78, 5) is 2.67. The standard InChI is InChI=1S/C17H26N2O/c1-13(2)15-12-19(10-5-9-18-15)16-8-11-20-17-7-4-3-6-14(16)17/h3-4,6-7,13,15-16,18H,5,8-12H2,1-2H3. The number of para-hydroxylation sites is 1. The second-order valence-electron chi connectivity index (χ2n) is 6.34. The predicted octanol–water partition coefficient (Wildman–Crippen LogP) is 2.83. The predicted molar refractivity (Wildman–Crippen MR) is 82.1 cm³/mol.